The molecule has 1 aliphatic carbocycles. The van der Waals surface area contributed by atoms with Gasteiger partial charge in [-0.05, 0) is 31.4 Å². The molecule has 0 spiro atoms. The van der Waals surface area contributed by atoms with Gasteiger partial charge in [0, 0.05) is 11.1 Å². The number of halogens is 1. The average molecular weight is 225 g/mol. The van der Waals surface area contributed by atoms with Crippen LogP contribution in [0.15, 0.2) is 12.1 Å². The number of methoxy groups -OCH3 is 2. The molecule has 88 valence electrons. The molecule has 16 heavy (non-hydrogen) atoms. The highest BCUT2D eigenvalue weighted by molar-refractivity contribution is 5.43. The van der Waals surface area contributed by atoms with Crippen LogP contribution in [0, 0.1) is 5.82 Å². The number of hydrogen-bond donors (Lipinski definition) is 1. The summed E-state index contributed by atoms with van der Waals surface area (Å²) < 4.78 is 24.1. The Morgan fingerprint density at radius 3 is 2.31 bits per heavy atom. The predicted molar refractivity (Wildman–Crippen MR) is 59.4 cm³/mol. The van der Waals surface area contributed by atoms with E-state index in [1.807, 2.05) is 0 Å². The van der Waals surface area contributed by atoms with Crippen LogP contribution in [0.1, 0.15) is 18.4 Å². The minimum Gasteiger partial charge on any atom is -0.496 e. The van der Waals surface area contributed by atoms with E-state index in [4.69, 9.17) is 15.2 Å². The molecule has 2 rings (SSSR count). The number of hydrogen-bond acceptors (Lipinski definition) is 3. The van der Waals surface area contributed by atoms with Crippen LogP contribution in [0.25, 0.3) is 0 Å². The molecule has 1 aromatic carbocycles. The van der Waals surface area contributed by atoms with E-state index in [1.165, 1.54) is 14.2 Å². The molecule has 0 radical (unpaired) electrons. The van der Waals surface area contributed by atoms with Gasteiger partial charge < -0.3 is 15.2 Å². The summed E-state index contributed by atoms with van der Waals surface area (Å²) >= 11 is 0. The lowest BCUT2D eigenvalue weighted by Gasteiger charge is -2.15. The largest absolute Gasteiger partial charge is 0.496 e. The Morgan fingerprint density at radius 2 is 1.81 bits per heavy atom. The van der Waals surface area contributed by atoms with Crippen molar-refractivity contribution in [3.8, 4) is 11.5 Å². The third-order valence-electron chi connectivity index (χ3n) is 3.03. The van der Waals surface area contributed by atoms with Crippen molar-refractivity contribution in [2.24, 2.45) is 5.73 Å². The van der Waals surface area contributed by atoms with E-state index in [1.54, 1.807) is 12.1 Å². The topological polar surface area (TPSA) is 44.5 Å². The molecule has 2 N–H and O–H groups in total. The van der Waals surface area contributed by atoms with Crippen molar-refractivity contribution in [3.63, 3.8) is 0 Å². The maximum absolute atomic E-state index is 14.0. The van der Waals surface area contributed by atoms with Crippen molar-refractivity contribution < 1.29 is 13.9 Å². The molecule has 0 aliphatic heterocycles. The third-order valence-corrected chi connectivity index (χ3v) is 3.03. The fraction of sp³-hybridized carbons (Fsp3) is 0.500. The molecule has 3 nitrogen and oxygen atoms in total. The third kappa shape index (κ3) is 1.97. The van der Waals surface area contributed by atoms with Gasteiger partial charge in [0.2, 0.25) is 0 Å². The van der Waals surface area contributed by atoms with E-state index in [9.17, 15) is 4.39 Å². The zero-order valence-corrected chi connectivity index (χ0v) is 9.55. The predicted octanol–water partition coefficient (Wildman–Crippen LogP) is 1.88. The SMILES string of the molecule is COc1ccc(OC)c(CC2(N)CC2)c1F. The molecular weight excluding hydrogens is 209 g/mol. The van der Waals surface area contributed by atoms with E-state index >= 15 is 0 Å². The molecule has 1 aliphatic rings. The maximum atomic E-state index is 14.0. The Kier molecular flexibility index (Phi) is 2.76. The van der Waals surface area contributed by atoms with Gasteiger partial charge in [0.15, 0.2) is 11.6 Å². The Hall–Kier alpha value is -1.29. The Labute approximate surface area is 94.3 Å². The van der Waals surface area contributed by atoms with E-state index < -0.39 is 0 Å². The number of nitrogens with two attached hydrogens (primary N) is 1. The summed E-state index contributed by atoms with van der Waals surface area (Å²) in [7, 11) is 2.98. The molecule has 0 amide bonds. The molecule has 4 heteroatoms. The zero-order valence-electron chi connectivity index (χ0n) is 9.55. The average Bonchev–Trinajstić information content (AvgIpc) is 2.99. The van der Waals surface area contributed by atoms with E-state index in [0.717, 1.165) is 12.8 Å². The molecule has 0 atom stereocenters. The summed E-state index contributed by atoms with van der Waals surface area (Å²) in [6, 6.07) is 3.27. The van der Waals surface area contributed by atoms with Crippen LogP contribution in [0.3, 0.4) is 0 Å². The standard InChI is InChI=1S/C12H16FNO2/c1-15-9-3-4-10(16-2)11(13)8(9)7-12(14)5-6-12/h3-4H,5-7,14H2,1-2H3. The molecular formula is C12H16FNO2. The number of rotatable bonds is 4. The maximum Gasteiger partial charge on any atom is 0.171 e. The second-order valence-corrected chi connectivity index (χ2v) is 4.30. The van der Waals surface area contributed by atoms with Crippen LogP contribution < -0.4 is 15.2 Å². The normalized spacial score (nSPS) is 17.0. The van der Waals surface area contributed by atoms with Crippen molar-refractivity contribution >= 4 is 0 Å². The first kappa shape index (κ1) is 11.2. The first-order chi connectivity index (χ1) is 7.59. The van der Waals surface area contributed by atoms with E-state index in [2.05, 4.69) is 0 Å². The molecule has 1 aromatic rings. The minimum absolute atomic E-state index is 0.236. The first-order valence-electron chi connectivity index (χ1n) is 5.28. The van der Waals surface area contributed by atoms with Gasteiger partial charge in [-0.1, -0.05) is 0 Å². The summed E-state index contributed by atoms with van der Waals surface area (Å²) in [6.07, 6.45) is 2.37. The molecule has 1 fully saturated rings. The molecule has 0 aromatic heterocycles. The van der Waals surface area contributed by atoms with Crippen molar-refractivity contribution in [2.75, 3.05) is 14.2 Å². The molecule has 0 heterocycles. The summed E-state index contributed by atoms with van der Waals surface area (Å²) in [5, 5.41) is 0. The van der Waals surface area contributed by atoms with Gasteiger partial charge >= 0.3 is 0 Å². The van der Waals surface area contributed by atoms with E-state index in [0.29, 0.717) is 17.7 Å². The van der Waals surface area contributed by atoms with Gasteiger partial charge in [0.25, 0.3) is 0 Å². The second kappa shape index (κ2) is 3.94. The van der Waals surface area contributed by atoms with Gasteiger partial charge in [-0.3, -0.25) is 0 Å². The lowest BCUT2D eigenvalue weighted by atomic mass is 10.0. The van der Waals surface area contributed by atoms with Crippen LogP contribution in [-0.2, 0) is 6.42 Å². The summed E-state index contributed by atoms with van der Waals surface area (Å²) in [4.78, 5) is 0. The fourth-order valence-corrected chi connectivity index (χ4v) is 1.79. The highest BCUT2D eigenvalue weighted by Gasteiger charge is 2.39. The van der Waals surface area contributed by atoms with Crippen molar-refractivity contribution in [1.29, 1.82) is 0 Å². The van der Waals surface area contributed by atoms with Gasteiger partial charge in [-0.2, -0.15) is 0 Å². The van der Waals surface area contributed by atoms with Crippen molar-refractivity contribution in [3.05, 3.63) is 23.5 Å². The number of ether oxygens (including phenoxy) is 2. The number of benzene rings is 1. The van der Waals surface area contributed by atoms with Gasteiger partial charge in [-0.25, -0.2) is 4.39 Å². The second-order valence-electron chi connectivity index (χ2n) is 4.30. The van der Waals surface area contributed by atoms with Crippen LogP contribution >= 0.6 is 0 Å². The summed E-state index contributed by atoms with van der Waals surface area (Å²) in [5.74, 6) is 0.411. The smallest absolute Gasteiger partial charge is 0.171 e. The minimum atomic E-state index is -0.362. The lowest BCUT2D eigenvalue weighted by molar-refractivity contribution is 0.369. The van der Waals surface area contributed by atoms with Crippen LogP contribution in [0.2, 0.25) is 0 Å². The van der Waals surface area contributed by atoms with Crippen LogP contribution in [0.4, 0.5) is 4.39 Å². The Bertz CT molecular complexity index is 402. The highest BCUT2D eigenvalue weighted by Crippen LogP contribution is 2.40. The van der Waals surface area contributed by atoms with Gasteiger partial charge in [0.05, 0.1) is 14.2 Å². The van der Waals surface area contributed by atoms with E-state index in [-0.39, 0.29) is 17.1 Å². The zero-order chi connectivity index (χ0) is 11.8. The quantitative estimate of drug-likeness (QED) is 0.850. The lowest BCUT2D eigenvalue weighted by Crippen LogP contribution is -2.25. The fourth-order valence-electron chi connectivity index (χ4n) is 1.79. The summed E-state index contributed by atoms with van der Waals surface area (Å²) in [5.41, 5.74) is 6.27. The van der Waals surface area contributed by atoms with Crippen LogP contribution in [0.5, 0.6) is 11.5 Å². The van der Waals surface area contributed by atoms with Gasteiger partial charge in [0.1, 0.15) is 5.75 Å². The molecule has 0 unspecified atom stereocenters. The first-order valence-corrected chi connectivity index (χ1v) is 5.28. The molecule has 1 saturated carbocycles. The molecule has 0 bridgehead atoms. The monoisotopic (exact) mass is 225 g/mol. The summed E-state index contributed by atoms with van der Waals surface area (Å²) in [6.45, 7) is 0. The van der Waals surface area contributed by atoms with Crippen LogP contribution in [-0.4, -0.2) is 19.8 Å². The highest BCUT2D eigenvalue weighted by atomic mass is 19.1. The molecule has 0 saturated heterocycles. The van der Waals surface area contributed by atoms with Crippen molar-refractivity contribution in [1.82, 2.24) is 0 Å². The Balaban J connectivity index is 2.38. The Morgan fingerprint density at radius 1 is 1.25 bits per heavy atom. The van der Waals surface area contributed by atoms with Gasteiger partial charge in [-0.15, -0.1) is 0 Å². The van der Waals surface area contributed by atoms with Crippen molar-refractivity contribution in [2.45, 2.75) is 24.8 Å².